The highest BCUT2D eigenvalue weighted by Crippen LogP contribution is 2.66. The highest BCUT2D eigenvalue weighted by molar-refractivity contribution is 6.09. The van der Waals surface area contributed by atoms with Gasteiger partial charge < -0.3 is 0 Å². The lowest BCUT2D eigenvalue weighted by atomic mass is 9.70. The summed E-state index contributed by atoms with van der Waals surface area (Å²) in [4.78, 5) is 23.4. The molecule has 0 aromatic heterocycles. The molecule has 2 aliphatic carbocycles. The third kappa shape index (κ3) is 1.34. The van der Waals surface area contributed by atoms with Crippen LogP contribution in [0.1, 0.15) is 33.6 Å². The predicted octanol–water partition coefficient (Wildman–Crippen LogP) is 2.76. The molecule has 0 saturated heterocycles. The molecule has 2 saturated carbocycles. The maximum absolute atomic E-state index is 12.5. The molecule has 96 valence electrons. The van der Waals surface area contributed by atoms with Crippen LogP contribution in [-0.2, 0) is 9.59 Å². The predicted molar refractivity (Wildman–Crippen MR) is 54.2 cm³/mol. The molecule has 2 bridgehead atoms. The van der Waals surface area contributed by atoms with E-state index in [0.717, 1.165) is 0 Å². The Balaban J connectivity index is 2.42. The van der Waals surface area contributed by atoms with Crippen LogP contribution in [0, 0.1) is 22.7 Å². The number of fused-ring (bicyclic) bond motifs is 2. The minimum Gasteiger partial charge on any atom is -0.298 e. The Morgan fingerprint density at radius 3 is 2.18 bits per heavy atom. The number of rotatable bonds is 1. The van der Waals surface area contributed by atoms with Crippen LogP contribution in [-0.4, -0.2) is 17.7 Å². The van der Waals surface area contributed by atoms with Crippen molar-refractivity contribution >= 4 is 11.6 Å². The zero-order valence-corrected chi connectivity index (χ0v) is 10.0. The van der Waals surface area contributed by atoms with E-state index in [2.05, 4.69) is 0 Å². The van der Waals surface area contributed by atoms with Crippen molar-refractivity contribution in [3.05, 3.63) is 0 Å². The van der Waals surface area contributed by atoms with Gasteiger partial charge in [-0.15, -0.1) is 0 Å². The number of carbonyl (C=O) groups is 2. The molecule has 2 rings (SSSR count). The van der Waals surface area contributed by atoms with E-state index < -0.39 is 40.4 Å². The molecule has 0 N–H and O–H groups in total. The summed E-state index contributed by atoms with van der Waals surface area (Å²) in [6, 6.07) is 0. The summed E-state index contributed by atoms with van der Waals surface area (Å²) >= 11 is 0. The number of halogens is 3. The number of carbonyl (C=O) groups excluding carboxylic acids is 2. The van der Waals surface area contributed by atoms with Crippen molar-refractivity contribution in [3.63, 3.8) is 0 Å². The quantitative estimate of drug-likeness (QED) is 0.669. The van der Waals surface area contributed by atoms with Gasteiger partial charge in [-0.3, -0.25) is 9.59 Å². The van der Waals surface area contributed by atoms with Crippen LogP contribution >= 0.6 is 0 Å². The summed E-state index contributed by atoms with van der Waals surface area (Å²) in [6.07, 6.45) is -3.79. The van der Waals surface area contributed by atoms with Crippen LogP contribution in [0.2, 0.25) is 0 Å². The maximum Gasteiger partial charge on any atom is 0.450 e. The highest BCUT2D eigenvalue weighted by atomic mass is 19.4. The monoisotopic (exact) mass is 248 g/mol. The third-order valence-corrected chi connectivity index (χ3v) is 5.09. The number of alkyl halides is 3. The number of Topliss-reactive ketones (excluding diaryl/α,β-unsaturated/α-hetero) is 2. The molecule has 0 aromatic carbocycles. The zero-order valence-electron chi connectivity index (χ0n) is 10.0. The lowest BCUT2D eigenvalue weighted by Crippen LogP contribution is -2.40. The van der Waals surface area contributed by atoms with Gasteiger partial charge in [0, 0.05) is 5.41 Å². The van der Waals surface area contributed by atoms with Crippen LogP contribution in [0.4, 0.5) is 13.2 Å². The van der Waals surface area contributed by atoms with Crippen molar-refractivity contribution in [3.8, 4) is 0 Å². The Kier molecular flexibility index (Phi) is 2.31. The molecule has 3 atom stereocenters. The smallest absolute Gasteiger partial charge is 0.298 e. The molecule has 5 heteroatoms. The summed E-state index contributed by atoms with van der Waals surface area (Å²) < 4.78 is 37.4. The molecular weight excluding hydrogens is 233 g/mol. The van der Waals surface area contributed by atoms with Crippen LogP contribution in [0.3, 0.4) is 0 Å². The molecule has 2 nitrogen and oxygen atoms in total. The number of hydrogen-bond donors (Lipinski definition) is 0. The van der Waals surface area contributed by atoms with E-state index in [0.29, 0.717) is 12.8 Å². The summed E-state index contributed by atoms with van der Waals surface area (Å²) in [6.45, 7) is 5.29. The first-order valence-corrected chi connectivity index (χ1v) is 5.69. The largest absolute Gasteiger partial charge is 0.450 e. The third-order valence-electron chi connectivity index (χ3n) is 5.09. The average Bonchev–Trinajstić information content (AvgIpc) is 2.47. The fourth-order valence-corrected chi connectivity index (χ4v) is 3.56. The van der Waals surface area contributed by atoms with E-state index in [-0.39, 0.29) is 0 Å². The zero-order chi connectivity index (χ0) is 13.2. The fourth-order valence-electron chi connectivity index (χ4n) is 3.56. The maximum atomic E-state index is 12.5. The Hall–Kier alpha value is -0.870. The molecule has 0 spiro atoms. The molecule has 0 aliphatic heterocycles. The van der Waals surface area contributed by atoms with Crippen molar-refractivity contribution in [1.29, 1.82) is 0 Å². The molecule has 0 heterocycles. The second-order valence-electron chi connectivity index (χ2n) is 5.90. The first-order chi connectivity index (χ1) is 7.53. The number of ketones is 2. The van der Waals surface area contributed by atoms with Crippen molar-refractivity contribution in [2.45, 2.75) is 39.8 Å². The molecule has 2 fully saturated rings. The molecule has 2 aliphatic rings. The Morgan fingerprint density at radius 1 is 1.29 bits per heavy atom. The Labute approximate surface area is 97.6 Å². The molecule has 17 heavy (non-hydrogen) atoms. The minimum atomic E-state index is -4.91. The molecule has 0 radical (unpaired) electrons. The van der Waals surface area contributed by atoms with Gasteiger partial charge >= 0.3 is 6.18 Å². The minimum absolute atomic E-state index is 0.464. The lowest BCUT2D eigenvalue weighted by molar-refractivity contribution is -0.178. The van der Waals surface area contributed by atoms with Gasteiger partial charge in [0.15, 0.2) is 0 Å². The topological polar surface area (TPSA) is 34.1 Å². The van der Waals surface area contributed by atoms with Crippen LogP contribution in [0.15, 0.2) is 0 Å². The first-order valence-electron chi connectivity index (χ1n) is 5.69. The molecular formula is C12H15F3O2. The summed E-state index contributed by atoms with van der Waals surface area (Å²) in [7, 11) is 0. The van der Waals surface area contributed by atoms with E-state index in [1.807, 2.05) is 0 Å². The summed E-state index contributed by atoms with van der Waals surface area (Å²) in [5, 5.41) is 0. The Morgan fingerprint density at radius 2 is 1.82 bits per heavy atom. The fraction of sp³-hybridized carbons (Fsp3) is 0.833. The van der Waals surface area contributed by atoms with Gasteiger partial charge in [0.25, 0.3) is 0 Å². The first kappa shape index (κ1) is 12.6. The molecule has 0 unspecified atom stereocenters. The van der Waals surface area contributed by atoms with Crippen molar-refractivity contribution in [2.75, 3.05) is 0 Å². The second-order valence-corrected chi connectivity index (χ2v) is 5.90. The number of hydrogen-bond acceptors (Lipinski definition) is 2. The van der Waals surface area contributed by atoms with E-state index in [1.165, 1.54) is 0 Å². The van der Waals surface area contributed by atoms with Crippen molar-refractivity contribution < 1.29 is 22.8 Å². The van der Waals surface area contributed by atoms with Crippen molar-refractivity contribution in [2.24, 2.45) is 22.7 Å². The van der Waals surface area contributed by atoms with E-state index in [1.54, 1.807) is 20.8 Å². The van der Waals surface area contributed by atoms with Crippen LogP contribution in [0.25, 0.3) is 0 Å². The van der Waals surface area contributed by atoms with Gasteiger partial charge in [0.2, 0.25) is 5.78 Å². The van der Waals surface area contributed by atoms with E-state index in [9.17, 15) is 22.8 Å². The van der Waals surface area contributed by atoms with Crippen molar-refractivity contribution in [1.82, 2.24) is 0 Å². The second kappa shape index (κ2) is 3.12. The lowest BCUT2D eigenvalue weighted by Gasteiger charge is -2.32. The van der Waals surface area contributed by atoms with Gasteiger partial charge in [-0.2, -0.15) is 13.2 Å². The molecule has 0 aromatic rings. The summed E-state index contributed by atoms with van der Waals surface area (Å²) in [5.74, 6) is -4.30. The Bertz CT molecular complexity index is 397. The van der Waals surface area contributed by atoms with E-state index >= 15 is 0 Å². The average molecular weight is 248 g/mol. The van der Waals surface area contributed by atoms with Crippen LogP contribution in [0.5, 0.6) is 0 Å². The van der Waals surface area contributed by atoms with E-state index in [4.69, 9.17) is 0 Å². The standard InChI is InChI=1S/C12H15F3O2/c1-10(2)6-4-5-11(10,3)8(16)7(6)9(17)12(13,14)15/h6-7H,4-5H2,1-3H3/t6-,7+,11-/m0/s1. The van der Waals surface area contributed by atoms with Gasteiger partial charge in [-0.05, 0) is 24.2 Å². The van der Waals surface area contributed by atoms with Gasteiger partial charge in [0.05, 0.1) is 5.92 Å². The van der Waals surface area contributed by atoms with Gasteiger partial charge in [-0.25, -0.2) is 0 Å². The van der Waals surface area contributed by atoms with Gasteiger partial charge in [-0.1, -0.05) is 20.8 Å². The molecule has 0 amide bonds. The summed E-state index contributed by atoms with van der Waals surface area (Å²) in [5.41, 5.74) is -1.29. The highest BCUT2D eigenvalue weighted by Gasteiger charge is 2.70. The van der Waals surface area contributed by atoms with Crippen LogP contribution < -0.4 is 0 Å². The normalized spacial score (nSPS) is 39.8. The SMILES string of the molecule is CC1(C)[C@H]2CC[C@@]1(C)C(=O)[C@@H]2C(=O)C(F)(F)F. The van der Waals surface area contributed by atoms with Gasteiger partial charge in [0.1, 0.15) is 5.78 Å².